The van der Waals surface area contributed by atoms with E-state index in [-0.39, 0.29) is 6.04 Å². The summed E-state index contributed by atoms with van der Waals surface area (Å²) in [6, 6.07) is 6.78. The van der Waals surface area contributed by atoms with Crippen molar-refractivity contribution in [1.82, 2.24) is 15.1 Å². The zero-order chi connectivity index (χ0) is 14.0. The summed E-state index contributed by atoms with van der Waals surface area (Å²) in [5.74, 6) is 0. The van der Waals surface area contributed by atoms with E-state index in [9.17, 15) is 0 Å². The topological polar surface area (TPSA) is 29.9 Å². The van der Waals surface area contributed by atoms with E-state index in [0.717, 1.165) is 17.3 Å². The Bertz CT molecular complexity index is 575. The molecule has 2 aromatic rings. The standard InChI is InChI=1S/C15H20ClN3/c1-10-5-6-13(11(2)7-10)15(17-4)9-19-12(3)14(16)8-18-19/h5-8,15,17H,9H2,1-4H3. The van der Waals surface area contributed by atoms with Gasteiger partial charge < -0.3 is 5.32 Å². The number of nitrogens with one attached hydrogen (secondary N) is 1. The molecule has 1 heterocycles. The second kappa shape index (κ2) is 5.76. The predicted octanol–water partition coefficient (Wildman–Crippen LogP) is 3.42. The lowest BCUT2D eigenvalue weighted by atomic mass is 9.99. The molecule has 1 atom stereocenters. The van der Waals surface area contributed by atoms with Gasteiger partial charge in [-0.15, -0.1) is 0 Å². The molecule has 1 N–H and O–H groups in total. The van der Waals surface area contributed by atoms with Crippen molar-refractivity contribution in [2.75, 3.05) is 7.05 Å². The minimum absolute atomic E-state index is 0.232. The van der Waals surface area contributed by atoms with E-state index in [2.05, 4.69) is 42.5 Å². The van der Waals surface area contributed by atoms with Crippen LogP contribution in [0.5, 0.6) is 0 Å². The zero-order valence-corrected chi connectivity index (χ0v) is 12.6. The fraction of sp³-hybridized carbons (Fsp3) is 0.400. The van der Waals surface area contributed by atoms with Crippen molar-refractivity contribution in [3.63, 3.8) is 0 Å². The lowest BCUT2D eigenvalue weighted by Crippen LogP contribution is -2.24. The minimum Gasteiger partial charge on any atom is -0.311 e. The average molecular weight is 278 g/mol. The van der Waals surface area contributed by atoms with Crippen molar-refractivity contribution in [2.45, 2.75) is 33.4 Å². The molecule has 0 saturated carbocycles. The summed E-state index contributed by atoms with van der Waals surface area (Å²) in [6.45, 7) is 7.03. The van der Waals surface area contributed by atoms with Gasteiger partial charge in [-0.25, -0.2) is 0 Å². The van der Waals surface area contributed by atoms with E-state index in [1.165, 1.54) is 16.7 Å². The summed E-state index contributed by atoms with van der Waals surface area (Å²) in [5, 5.41) is 8.40. The van der Waals surface area contributed by atoms with Crippen LogP contribution in [0.4, 0.5) is 0 Å². The number of rotatable bonds is 4. The van der Waals surface area contributed by atoms with Crippen molar-refractivity contribution in [3.05, 3.63) is 51.8 Å². The summed E-state index contributed by atoms with van der Waals surface area (Å²) < 4.78 is 1.95. The fourth-order valence-corrected chi connectivity index (χ4v) is 2.48. The first-order valence-electron chi connectivity index (χ1n) is 6.45. The number of aromatic nitrogens is 2. The van der Waals surface area contributed by atoms with Gasteiger partial charge in [0, 0.05) is 0 Å². The van der Waals surface area contributed by atoms with Crippen molar-refractivity contribution in [1.29, 1.82) is 0 Å². The first-order chi connectivity index (χ1) is 9.02. The van der Waals surface area contributed by atoms with Gasteiger partial charge in [0.1, 0.15) is 0 Å². The Morgan fingerprint density at radius 3 is 2.58 bits per heavy atom. The van der Waals surface area contributed by atoms with Gasteiger partial charge in [-0.1, -0.05) is 35.4 Å². The van der Waals surface area contributed by atoms with Gasteiger partial charge in [-0.05, 0) is 38.9 Å². The summed E-state index contributed by atoms with van der Waals surface area (Å²) >= 11 is 6.05. The predicted molar refractivity (Wildman–Crippen MR) is 79.7 cm³/mol. The maximum atomic E-state index is 6.05. The lowest BCUT2D eigenvalue weighted by molar-refractivity contribution is 0.460. The van der Waals surface area contributed by atoms with Crippen molar-refractivity contribution in [3.8, 4) is 0 Å². The Balaban J connectivity index is 2.27. The number of hydrogen-bond donors (Lipinski definition) is 1. The molecule has 1 unspecified atom stereocenters. The molecule has 0 aliphatic heterocycles. The maximum Gasteiger partial charge on any atom is 0.0814 e. The van der Waals surface area contributed by atoms with Crippen LogP contribution in [-0.4, -0.2) is 16.8 Å². The summed E-state index contributed by atoms with van der Waals surface area (Å²) in [7, 11) is 1.98. The number of aryl methyl sites for hydroxylation is 2. The van der Waals surface area contributed by atoms with E-state index in [4.69, 9.17) is 11.6 Å². The number of nitrogens with zero attached hydrogens (tertiary/aromatic N) is 2. The highest BCUT2D eigenvalue weighted by atomic mass is 35.5. The van der Waals surface area contributed by atoms with Gasteiger partial charge in [0.15, 0.2) is 0 Å². The van der Waals surface area contributed by atoms with E-state index >= 15 is 0 Å². The quantitative estimate of drug-likeness (QED) is 0.928. The Morgan fingerprint density at radius 2 is 2.05 bits per heavy atom. The molecule has 4 heteroatoms. The highest BCUT2D eigenvalue weighted by molar-refractivity contribution is 6.31. The van der Waals surface area contributed by atoms with Gasteiger partial charge >= 0.3 is 0 Å². The molecule has 0 aliphatic rings. The van der Waals surface area contributed by atoms with Crippen molar-refractivity contribution >= 4 is 11.6 Å². The molecule has 0 aliphatic carbocycles. The van der Waals surface area contributed by atoms with Crippen LogP contribution in [0.2, 0.25) is 5.02 Å². The summed E-state index contributed by atoms with van der Waals surface area (Å²) in [6.07, 6.45) is 1.70. The van der Waals surface area contributed by atoms with Crippen molar-refractivity contribution < 1.29 is 0 Å². The molecule has 2 rings (SSSR count). The van der Waals surface area contributed by atoms with Gasteiger partial charge in [-0.3, -0.25) is 4.68 Å². The normalized spacial score (nSPS) is 12.7. The Morgan fingerprint density at radius 1 is 1.32 bits per heavy atom. The Hall–Kier alpha value is -1.32. The molecule has 0 bridgehead atoms. The van der Waals surface area contributed by atoms with Gasteiger partial charge in [0.2, 0.25) is 0 Å². The molecule has 1 aromatic carbocycles. The highest BCUT2D eigenvalue weighted by Crippen LogP contribution is 2.22. The molecule has 102 valence electrons. The molecule has 0 amide bonds. The summed E-state index contributed by atoms with van der Waals surface area (Å²) in [4.78, 5) is 0. The average Bonchev–Trinajstić information content (AvgIpc) is 2.68. The molecule has 0 radical (unpaired) electrons. The monoisotopic (exact) mass is 277 g/mol. The molecule has 0 spiro atoms. The molecule has 0 saturated heterocycles. The second-order valence-electron chi connectivity index (χ2n) is 4.96. The van der Waals surface area contributed by atoms with E-state index in [0.29, 0.717) is 0 Å². The third-order valence-electron chi connectivity index (χ3n) is 3.55. The van der Waals surface area contributed by atoms with Crippen LogP contribution in [0, 0.1) is 20.8 Å². The van der Waals surface area contributed by atoms with Gasteiger partial charge in [0.25, 0.3) is 0 Å². The van der Waals surface area contributed by atoms with Gasteiger partial charge in [-0.2, -0.15) is 5.10 Å². The van der Waals surface area contributed by atoms with Crippen LogP contribution >= 0.6 is 11.6 Å². The number of likely N-dealkylation sites (N-methyl/N-ethyl adjacent to an activating group) is 1. The van der Waals surface area contributed by atoms with Gasteiger partial charge in [0.05, 0.1) is 29.5 Å². The molecular formula is C15H20ClN3. The molecular weight excluding hydrogens is 258 g/mol. The van der Waals surface area contributed by atoms with Crippen LogP contribution in [0.1, 0.15) is 28.4 Å². The third kappa shape index (κ3) is 2.99. The largest absolute Gasteiger partial charge is 0.311 e. The zero-order valence-electron chi connectivity index (χ0n) is 11.9. The van der Waals surface area contributed by atoms with Crippen LogP contribution in [-0.2, 0) is 6.54 Å². The fourth-order valence-electron chi connectivity index (χ4n) is 2.34. The smallest absolute Gasteiger partial charge is 0.0814 e. The number of hydrogen-bond acceptors (Lipinski definition) is 2. The SMILES string of the molecule is CNC(Cn1ncc(Cl)c1C)c1ccc(C)cc1C. The highest BCUT2D eigenvalue weighted by Gasteiger charge is 2.15. The molecule has 3 nitrogen and oxygen atoms in total. The van der Waals surface area contributed by atoms with E-state index in [1.54, 1.807) is 6.20 Å². The van der Waals surface area contributed by atoms with E-state index < -0.39 is 0 Å². The molecule has 19 heavy (non-hydrogen) atoms. The molecule has 0 fully saturated rings. The lowest BCUT2D eigenvalue weighted by Gasteiger charge is -2.20. The Kier molecular flexibility index (Phi) is 4.27. The number of benzene rings is 1. The van der Waals surface area contributed by atoms with Crippen LogP contribution in [0.25, 0.3) is 0 Å². The first kappa shape index (κ1) is 14.1. The third-order valence-corrected chi connectivity index (χ3v) is 3.92. The maximum absolute atomic E-state index is 6.05. The minimum atomic E-state index is 0.232. The van der Waals surface area contributed by atoms with Crippen LogP contribution in [0.15, 0.2) is 24.4 Å². The van der Waals surface area contributed by atoms with Crippen LogP contribution in [0.3, 0.4) is 0 Å². The Labute approximate surface area is 119 Å². The van der Waals surface area contributed by atoms with Crippen LogP contribution < -0.4 is 5.32 Å². The van der Waals surface area contributed by atoms with Crippen molar-refractivity contribution in [2.24, 2.45) is 0 Å². The van der Waals surface area contributed by atoms with E-state index in [1.807, 2.05) is 18.7 Å². The second-order valence-corrected chi connectivity index (χ2v) is 5.37. The summed E-state index contributed by atoms with van der Waals surface area (Å²) in [5.41, 5.74) is 4.90. The number of halogens is 1. The molecule has 1 aromatic heterocycles. The first-order valence-corrected chi connectivity index (χ1v) is 6.83.